The van der Waals surface area contributed by atoms with E-state index in [-0.39, 0.29) is 0 Å². The maximum absolute atomic E-state index is 3.30. The first kappa shape index (κ1) is 9.56. The summed E-state index contributed by atoms with van der Waals surface area (Å²) in [6.07, 6.45) is 1.24. The van der Waals surface area contributed by atoms with Crippen LogP contribution in [0.3, 0.4) is 0 Å². The molecule has 0 unspecified atom stereocenters. The van der Waals surface area contributed by atoms with Crippen molar-refractivity contribution in [3.8, 4) is 0 Å². The van der Waals surface area contributed by atoms with Crippen LogP contribution in [0.2, 0.25) is 0 Å². The molecule has 1 nitrogen and oxygen atoms in total. The number of aryl methyl sites for hydroxylation is 1. The Labute approximate surface area is 87.9 Å². The number of thiophene rings is 1. The molecule has 2 heterocycles. The zero-order valence-corrected chi connectivity index (χ0v) is 9.29. The van der Waals surface area contributed by atoms with E-state index < -0.39 is 0 Å². The van der Waals surface area contributed by atoms with E-state index in [1.807, 2.05) is 0 Å². The molecule has 0 aromatic carbocycles. The standard InChI is InChI=1S/C10H15NS2/c1-3-12-7-9(1)2-4-13-8-10-5-11-6-10/h1,3,7,10-11H,2,4-6,8H2. The first-order chi connectivity index (χ1) is 6.45. The normalized spacial score (nSPS) is 17.2. The highest BCUT2D eigenvalue weighted by Crippen LogP contribution is 2.15. The lowest BCUT2D eigenvalue weighted by Crippen LogP contribution is -2.43. The third kappa shape index (κ3) is 3.01. The summed E-state index contributed by atoms with van der Waals surface area (Å²) in [5.41, 5.74) is 1.50. The van der Waals surface area contributed by atoms with Gasteiger partial charge >= 0.3 is 0 Å². The minimum Gasteiger partial charge on any atom is -0.316 e. The van der Waals surface area contributed by atoms with Crippen LogP contribution in [-0.2, 0) is 6.42 Å². The predicted octanol–water partition coefficient (Wildman–Crippen LogP) is 2.24. The Morgan fingerprint density at radius 2 is 2.46 bits per heavy atom. The summed E-state index contributed by atoms with van der Waals surface area (Å²) in [6, 6.07) is 2.23. The zero-order valence-electron chi connectivity index (χ0n) is 7.66. The molecule has 1 aromatic heterocycles. The fraction of sp³-hybridized carbons (Fsp3) is 0.600. The molecule has 13 heavy (non-hydrogen) atoms. The molecule has 1 aliphatic heterocycles. The van der Waals surface area contributed by atoms with Crippen LogP contribution in [0.4, 0.5) is 0 Å². The molecule has 3 heteroatoms. The van der Waals surface area contributed by atoms with Gasteiger partial charge in [-0.05, 0) is 59.3 Å². The molecule has 1 N–H and O–H groups in total. The molecule has 0 spiro atoms. The van der Waals surface area contributed by atoms with E-state index in [1.165, 1.54) is 36.6 Å². The Morgan fingerprint density at radius 3 is 3.08 bits per heavy atom. The van der Waals surface area contributed by atoms with Crippen LogP contribution in [0.5, 0.6) is 0 Å². The minimum absolute atomic E-state index is 0.951. The highest BCUT2D eigenvalue weighted by atomic mass is 32.2. The van der Waals surface area contributed by atoms with Gasteiger partial charge in [-0.2, -0.15) is 23.1 Å². The van der Waals surface area contributed by atoms with E-state index >= 15 is 0 Å². The average Bonchev–Trinajstić information content (AvgIpc) is 2.53. The maximum atomic E-state index is 3.30. The molecular formula is C10H15NS2. The van der Waals surface area contributed by atoms with Crippen molar-refractivity contribution in [2.75, 3.05) is 24.6 Å². The van der Waals surface area contributed by atoms with Crippen LogP contribution < -0.4 is 5.32 Å². The smallest absolute Gasteiger partial charge is 0.0000326 e. The molecule has 0 bridgehead atoms. The number of hydrogen-bond acceptors (Lipinski definition) is 3. The number of hydrogen-bond donors (Lipinski definition) is 1. The second kappa shape index (κ2) is 5.03. The lowest BCUT2D eigenvalue weighted by molar-refractivity contribution is 0.385. The summed E-state index contributed by atoms with van der Waals surface area (Å²) >= 11 is 3.90. The van der Waals surface area contributed by atoms with Crippen LogP contribution in [0.1, 0.15) is 5.56 Å². The van der Waals surface area contributed by atoms with Gasteiger partial charge in [-0.15, -0.1) is 0 Å². The molecule has 0 aliphatic carbocycles. The molecule has 0 saturated carbocycles. The Kier molecular flexibility index (Phi) is 3.70. The van der Waals surface area contributed by atoms with E-state index in [0.29, 0.717) is 0 Å². The minimum atomic E-state index is 0.951. The first-order valence-electron chi connectivity index (χ1n) is 4.74. The van der Waals surface area contributed by atoms with Crippen LogP contribution in [0, 0.1) is 5.92 Å². The van der Waals surface area contributed by atoms with Crippen molar-refractivity contribution in [2.45, 2.75) is 6.42 Å². The Morgan fingerprint density at radius 1 is 1.54 bits per heavy atom. The molecule has 1 fully saturated rings. The Bertz CT molecular complexity index is 229. The topological polar surface area (TPSA) is 12.0 Å². The maximum Gasteiger partial charge on any atom is -0.0000326 e. The van der Waals surface area contributed by atoms with Crippen molar-refractivity contribution in [2.24, 2.45) is 5.92 Å². The van der Waals surface area contributed by atoms with Crippen LogP contribution in [0.15, 0.2) is 16.8 Å². The Balaban J connectivity index is 1.53. The van der Waals surface area contributed by atoms with Gasteiger partial charge in [0.15, 0.2) is 0 Å². The van der Waals surface area contributed by atoms with E-state index in [9.17, 15) is 0 Å². The van der Waals surface area contributed by atoms with Crippen LogP contribution in [0.25, 0.3) is 0 Å². The second-order valence-electron chi connectivity index (χ2n) is 3.48. The molecule has 0 atom stereocenters. The van der Waals surface area contributed by atoms with Crippen molar-refractivity contribution in [3.05, 3.63) is 22.4 Å². The highest BCUT2D eigenvalue weighted by molar-refractivity contribution is 7.99. The Hall–Kier alpha value is 0.01000. The molecule has 1 aromatic rings. The van der Waals surface area contributed by atoms with Crippen LogP contribution >= 0.6 is 23.1 Å². The molecule has 2 rings (SSSR count). The summed E-state index contributed by atoms with van der Waals surface area (Å²) in [5.74, 6) is 3.58. The molecule has 0 amide bonds. The van der Waals surface area contributed by atoms with Gasteiger partial charge in [0.1, 0.15) is 0 Å². The SMILES string of the molecule is c1cc(CCSCC2CNC2)cs1. The summed E-state index contributed by atoms with van der Waals surface area (Å²) in [7, 11) is 0. The van der Waals surface area contributed by atoms with Gasteiger partial charge in [-0.1, -0.05) is 0 Å². The first-order valence-corrected chi connectivity index (χ1v) is 6.84. The predicted molar refractivity (Wildman–Crippen MR) is 61.7 cm³/mol. The van der Waals surface area contributed by atoms with Crippen molar-refractivity contribution in [3.63, 3.8) is 0 Å². The van der Waals surface area contributed by atoms with E-state index in [1.54, 1.807) is 11.3 Å². The van der Waals surface area contributed by atoms with Gasteiger partial charge < -0.3 is 5.32 Å². The molecule has 1 saturated heterocycles. The lowest BCUT2D eigenvalue weighted by Gasteiger charge is -2.26. The summed E-state index contributed by atoms with van der Waals surface area (Å²) in [4.78, 5) is 0. The van der Waals surface area contributed by atoms with Crippen molar-refractivity contribution in [1.82, 2.24) is 5.32 Å². The fourth-order valence-electron chi connectivity index (χ4n) is 1.34. The second-order valence-corrected chi connectivity index (χ2v) is 5.41. The molecule has 0 radical (unpaired) electrons. The third-order valence-corrected chi connectivity index (χ3v) is 4.27. The molecule has 1 aliphatic rings. The van der Waals surface area contributed by atoms with Crippen LogP contribution in [-0.4, -0.2) is 24.6 Å². The van der Waals surface area contributed by atoms with E-state index in [0.717, 1.165) is 5.92 Å². The van der Waals surface area contributed by atoms with Gasteiger partial charge in [-0.25, -0.2) is 0 Å². The van der Waals surface area contributed by atoms with Gasteiger partial charge in [0.2, 0.25) is 0 Å². The number of thioether (sulfide) groups is 1. The third-order valence-electron chi connectivity index (χ3n) is 2.33. The highest BCUT2D eigenvalue weighted by Gasteiger charge is 2.15. The van der Waals surface area contributed by atoms with Crippen molar-refractivity contribution >= 4 is 23.1 Å². The van der Waals surface area contributed by atoms with Gasteiger partial charge in [0.25, 0.3) is 0 Å². The van der Waals surface area contributed by atoms with Gasteiger partial charge in [0, 0.05) is 0 Å². The summed E-state index contributed by atoms with van der Waals surface area (Å²) in [6.45, 7) is 2.48. The van der Waals surface area contributed by atoms with E-state index in [4.69, 9.17) is 0 Å². The monoisotopic (exact) mass is 213 g/mol. The zero-order chi connectivity index (χ0) is 8.93. The molecule has 72 valence electrons. The number of rotatable bonds is 5. The quantitative estimate of drug-likeness (QED) is 0.753. The molecular weight excluding hydrogens is 198 g/mol. The number of nitrogens with one attached hydrogen (secondary N) is 1. The van der Waals surface area contributed by atoms with Gasteiger partial charge in [0.05, 0.1) is 0 Å². The largest absolute Gasteiger partial charge is 0.316 e. The average molecular weight is 213 g/mol. The van der Waals surface area contributed by atoms with Crippen molar-refractivity contribution < 1.29 is 0 Å². The summed E-state index contributed by atoms with van der Waals surface area (Å²) < 4.78 is 0. The fourth-order valence-corrected chi connectivity index (χ4v) is 3.16. The van der Waals surface area contributed by atoms with Crippen molar-refractivity contribution in [1.29, 1.82) is 0 Å². The summed E-state index contributed by atoms with van der Waals surface area (Å²) in [5, 5.41) is 7.72. The van der Waals surface area contributed by atoms with Gasteiger partial charge in [-0.3, -0.25) is 0 Å². The van der Waals surface area contributed by atoms with E-state index in [2.05, 4.69) is 33.9 Å². The lowest BCUT2D eigenvalue weighted by atomic mass is 10.1.